The lowest BCUT2D eigenvalue weighted by molar-refractivity contribution is 0.00992. The summed E-state index contributed by atoms with van der Waals surface area (Å²) >= 11 is 0. The second kappa shape index (κ2) is 11.0. The maximum Gasteiger partial charge on any atom is 0.193 e. The normalized spacial score (nSPS) is 16.4. The SMILES string of the molecule is CN=C(NCCc1ccccc1)N1CCC(OCCCOC)CC1. The van der Waals surface area contributed by atoms with E-state index in [-0.39, 0.29) is 0 Å². The Bertz CT molecular complexity index is 471. The molecule has 5 nitrogen and oxygen atoms in total. The third kappa shape index (κ3) is 6.49. The monoisotopic (exact) mass is 333 g/mol. The van der Waals surface area contributed by atoms with Gasteiger partial charge in [-0.15, -0.1) is 0 Å². The van der Waals surface area contributed by atoms with Crippen molar-refractivity contribution in [1.29, 1.82) is 0 Å². The van der Waals surface area contributed by atoms with Crippen LogP contribution in [0.1, 0.15) is 24.8 Å². The summed E-state index contributed by atoms with van der Waals surface area (Å²) < 4.78 is 11.0. The number of hydrogen-bond donors (Lipinski definition) is 1. The minimum absolute atomic E-state index is 0.375. The first-order valence-electron chi connectivity index (χ1n) is 8.93. The predicted octanol–water partition coefficient (Wildman–Crippen LogP) is 2.32. The molecule has 0 amide bonds. The van der Waals surface area contributed by atoms with Crippen LogP contribution in [0.2, 0.25) is 0 Å². The predicted molar refractivity (Wildman–Crippen MR) is 98.5 cm³/mol. The number of rotatable bonds is 8. The van der Waals surface area contributed by atoms with Crippen molar-refractivity contribution in [2.45, 2.75) is 31.8 Å². The zero-order chi connectivity index (χ0) is 17.0. The number of aliphatic imine (C=N–C) groups is 1. The van der Waals surface area contributed by atoms with E-state index < -0.39 is 0 Å². The highest BCUT2D eigenvalue weighted by Gasteiger charge is 2.21. The van der Waals surface area contributed by atoms with E-state index in [0.717, 1.165) is 64.5 Å². The Balaban J connectivity index is 1.65. The second-order valence-corrected chi connectivity index (χ2v) is 6.11. The Labute approximate surface area is 146 Å². The van der Waals surface area contributed by atoms with Gasteiger partial charge in [-0.2, -0.15) is 0 Å². The fourth-order valence-electron chi connectivity index (χ4n) is 2.98. The number of nitrogens with one attached hydrogen (secondary N) is 1. The van der Waals surface area contributed by atoms with Crippen LogP contribution in [0, 0.1) is 0 Å². The third-order valence-corrected chi connectivity index (χ3v) is 4.34. The smallest absolute Gasteiger partial charge is 0.193 e. The van der Waals surface area contributed by atoms with E-state index in [0.29, 0.717) is 6.10 Å². The highest BCUT2D eigenvalue weighted by molar-refractivity contribution is 5.79. The molecule has 0 atom stereocenters. The first-order chi connectivity index (χ1) is 11.8. The van der Waals surface area contributed by atoms with Gasteiger partial charge in [0.1, 0.15) is 0 Å². The number of benzene rings is 1. The lowest BCUT2D eigenvalue weighted by Gasteiger charge is -2.34. The van der Waals surface area contributed by atoms with Crippen LogP contribution in [0.4, 0.5) is 0 Å². The van der Waals surface area contributed by atoms with Crippen molar-refractivity contribution in [2.75, 3.05) is 47.0 Å². The summed E-state index contributed by atoms with van der Waals surface area (Å²) in [5.74, 6) is 1.00. The highest BCUT2D eigenvalue weighted by Crippen LogP contribution is 2.14. The number of guanidine groups is 1. The molecule has 0 unspecified atom stereocenters. The topological polar surface area (TPSA) is 46.1 Å². The maximum absolute atomic E-state index is 5.92. The van der Waals surface area contributed by atoms with Crippen molar-refractivity contribution >= 4 is 5.96 Å². The first kappa shape index (κ1) is 18.7. The molecule has 1 saturated heterocycles. The van der Waals surface area contributed by atoms with E-state index in [9.17, 15) is 0 Å². The number of nitrogens with zero attached hydrogens (tertiary/aromatic N) is 2. The van der Waals surface area contributed by atoms with Crippen molar-refractivity contribution in [1.82, 2.24) is 10.2 Å². The summed E-state index contributed by atoms with van der Waals surface area (Å²) in [5.41, 5.74) is 1.35. The second-order valence-electron chi connectivity index (χ2n) is 6.11. The van der Waals surface area contributed by atoms with Gasteiger partial charge >= 0.3 is 0 Å². The van der Waals surface area contributed by atoms with Crippen LogP contribution in [0.5, 0.6) is 0 Å². The average Bonchev–Trinajstić information content (AvgIpc) is 2.64. The van der Waals surface area contributed by atoms with Gasteiger partial charge in [0, 0.05) is 47.0 Å². The lowest BCUT2D eigenvalue weighted by atomic mass is 10.1. The molecular formula is C19H31N3O2. The maximum atomic E-state index is 5.92. The first-order valence-corrected chi connectivity index (χ1v) is 8.93. The van der Waals surface area contributed by atoms with Gasteiger partial charge in [-0.25, -0.2) is 0 Å². The number of methoxy groups -OCH3 is 1. The van der Waals surface area contributed by atoms with Crippen LogP contribution in [0.3, 0.4) is 0 Å². The van der Waals surface area contributed by atoms with E-state index in [2.05, 4.69) is 45.5 Å². The molecule has 0 radical (unpaired) electrons. The molecule has 1 N–H and O–H groups in total. The average molecular weight is 333 g/mol. The van der Waals surface area contributed by atoms with Gasteiger partial charge in [0.2, 0.25) is 0 Å². The molecule has 134 valence electrons. The van der Waals surface area contributed by atoms with E-state index in [1.54, 1.807) is 7.11 Å². The van der Waals surface area contributed by atoms with Crippen LogP contribution in [0.25, 0.3) is 0 Å². The van der Waals surface area contributed by atoms with Crippen LogP contribution in [-0.4, -0.2) is 64.0 Å². The van der Waals surface area contributed by atoms with Crippen molar-refractivity contribution in [3.63, 3.8) is 0 Å². The molecule has 1 aromatic carbocycles. The molecule has 0 aromatic heterocycles. The standard InChI is InChI=1S/C19H31N3O2/c1-20-19(21-12-9-17-7-4-3-5-8-17)22-13-10-18(11-14-22)24-16-6-15-23-2/h3-5,7-8,18H,6,9-16H2,1-2H3,(H,20,21). The van der Waals surface area contributed by atoms with Gasteiger partial charge in [0.05, 0.1) is 6.10 Å². The van der Waals surface area contributed by atoms with Crippen LogP contribution < -0.4 is 5.32 Å². The number of ether oxygens (including phenoxy) is 2. The fourth-order valence-corrected chi connectivity index (χ4v) is 2.98. The molecular weight excluding hydrogens is 302 g/mol. The van der Waals surface area contributed by atoms with Crippen LogP contribution in [-0.2, 0) is 15.9 Å². The third-order valence-electron chi connectivity index (χ3n) is 4.34. The Hall–Kier alpha value is -1.59. The van der Waals surface area contributed by atoms with Gasteiger partial charge in [-0.3, -0.25) is 4.99 Å². The molecule has 2 rings (SSSR count). The zero-order valence-corrected chi connectivity index (χ0v) is 15.0. The summed E-state index contributed by atoms with van der Waals surface area (Å²) in [4.78, 5) is 6.76. The molecule has 1 fully saturated rings. The van der Waals surface area contributed by atoms with Gasteiger partial charge < -0.3 is 19.7 Å². The molecule has 1 aliphatic heterocycles. The van der Waals surface area contributed by atoms with Crippen molar-refractivity contribution in [2.24, 2.45) is 4.99 Å². The van der Waals surface area contributed by atoms with Crippen molar-refractivity contribution in [3.05, 3.63) is 35.9 Å². The molecule has 0 spiro atoms. The minimum Gasteiger partial charge on any atom is -0.385 e. The number of hydrogen-bond acceptors (Lipinski definition) is 3. The fraction of sp³-hybridized carbons (Fsp3) is 0.632. The minimum atomic E-state index is 0.375. The number of likely N-dealkylation sites (tertiary alicyclic amines) is 1. The molecule has 0 bridgehead atoms. The van der Waals surface area contributed by atoms with E-state index in [1.807, 2.05) is 7.05 Å². The molecule has 1 aliphatic rings. The Morgan fingerprint density at radius 3 is 2.62 bits per heavy atom. The van der Waals surface area contributed by atoms with Crippen molar-refractivity contribution < 1.29 is 9.47 Å². The summed E-state index contributed by atoms with van der Waals surface area (Å²) in [6, 6.07) is 10.5. The summed E-state index contributed by atoms with van der Waals surface area (Å²) in [5, 5.41) is 3.48. The Kier molecular flexibility index (Phi) is 8.63. The largest absolute Gasteiger partial charge is 0.385 e. The molecule has 24 heavy (non-hydrogen) atoms. The van der Waals surface area contributed by atoms with Crippen LogP contribution in [0.15, 0.2) is 35.3 Å². The molecule has 0 saturated carbocycles. The summed E-state index contributed by atoms with van der Waals surface area (Å²) in [7, 11) is 3.59. The van der Waals surface area contributed by atoms with Gasteiger partial charge in [0.15, 0.2) is 5.96 Å². The molecule has 1 heterocycles. The number of piperidine rings is 1. The van der Waals surface area contributed by atoms with Crippen molar-refractivity contribution in [3.8, 4) is 0 Å². The Morgan fingerprint density at radius 1 is 1.21 bits per heavy atom. The van der Waals surface area contributed by atoms with Gasteiger partial charge in [-0.05, 0) is 31.2 Å². The van der Waals surface area contributed by atoms with E-state index in [1.165, 1.54) is 5.56 Å². The zero-order valence-electron chi connectivity index (χ0n) is 15.0. The van der Waals surface area contributed by atoms with E-state index >= 15 is 0 Å². The summed E-state index contributed by atoms with van der Waals surface area (Å²) in [6.07, 6.45) is 4.48. The Morgan fingerprint density at radius 2 is 1.96 bits per heavy atom. The lowest BCUT2D eigenvalue weighted by Crippen LogP contribution is -2.47. The quantitative estimate of drug-likeness (QED) is 0.450. The van der Waals surface area contributed by atoms with Gasteiger partial charge in [0.25, 0.3) is 0 Å². The highest BCUT2D eigenvalue weighted by atomic mass is 16.5. The molecule has 0 aliphatic carbocycles. The van der Waals surface area contributed by atoms with Crippen LogP contribution >= 0.6 is 0 Å². The molecule has 1 aromatic rings. The van der Waals surface area contributed by atoms with E-state index in [4.69, 9.17) is 9.47 Å². The summed E-state index contributed by atoms with van der Waals surface area (Å²) in [6.45, 7) is 4.48. The molecule has 5 heteroatoms. The van der Waals surface area contributed by atoms with Gasteiger partial charge in [-0.1, -0.05) is 30.3 Å².